The molecule has 1 aromatic heterocycles. The van der Waals surface area contributed by atoms with Crippen molar-refractivity contribution in [2.24, 2.45) is 0 Å². The molecular formula is C22H23N3O4. The first-order valence-electron chi connectivity index (χ1n) is 9.24. The number of methoxy groups -OCH3 is 1. The van der Waals surface area contributed by atoms with Gasteiger partial charge in [-0.3, -0.25) is 4.79 Å². The molecule has 0 bridgehead atoms. The van der Waals surface area contributed by atoms with E-state index in [2.05, 4.69) is 10.4 Å². The Balaban J connectivity index is 1.86. The molecule has 2 aromatic carbocycles. The summed E-state index contributed by atoms with van der Waals surface area (Å²) in [6, 6.07) is 17.2. The van der Waals surface area contributed by atoms with Crippen molar-refractivity contribution in [3.05, 3.63) is 71.9 Å². The lowest BCUT2D eigenvalue weighted by Crippen LogP contribution is -2.31. The zero-order chi connectivity index (χ0) is 20.6. The van der Waals surface area contributed by atoms with Gasteiger partial charge in [-0.05, 0) is 24.6 Å². The third-order valence-electron chi connectivity index (χ3n) is 4.32. The molecule has 29 heavy (non-hydrogen) atoms. The van der Waals surface area contributed by atoms with Gasteiger partial charge in [0, 0.05) is 25.4 Å². The normalized spacial score (nSPS) is 10.6. The standard InChI is InChI=1S/C22H23N3O4/c1-16-8-6-7-11-18(16)21-19(14-25(24-21)17-9-4-3-5-10-17)22(27)29-15-20(26)23-12-13-28-2/h3-11,14H,12-13,15H2,1-2H3,(H,23,26). The first-order valence-corrected chi connectivity index (χ1v) is 9.24. The minimum atomic E-state index is -0.604. The topological polar surface area (TPSA) is 82.5 Å². The molecule has 7 nitrogen and oxygen atoms in total. The lowest BCUT2D eigenvalue weighted by molar-refractivity contribution is -0.124. The van der Waals surface area contributed by atoms with E-state index in [0.29, 0.717) is 24.4 Å². The minimum Gasteiger partial charge on any atom is -0.452 e. The minimum absolute atomic E-state index is 0.299. The summed E-state index contributed by atoms with van der Waals surface area (Å²) < 4.78 is 11.7. The van der Waals surface area contributed by atoms with Gasteiger partial charge < -0.3 is 14.8 Å². The number of rotatable bonds is 8. The number of carbonyl (C=O) groups is 2. The quantitative estimate of drug-likeness (QED) is 0.470. The number of ether oxygens (including phenoxy) is 2. The SMILES string of the molecule is COCCNC(=O)COC(=O)c1cn(-c2ccccc2)nc1-c1ccccc1C. The van der Waals surface area contributed by atoms with E-state index in [1.165, 1.54) is 0 Å². The second-order valence-corrected chi connectivity index (χ2v) is 6.41. The summed E-state index contributed by atoms with van der Waals surface area (Å²) in [6.45, 7) is 2.33. The number of aryl methyl sites for hydroxylation is 1. The van der Waals surface area contributed by atoms with Gasteiger partial charge in [0.15, 0.2) is 6.61 Å². The molecule has 3 aromatic rings. The lowest BCUT2D eigenvalue weighted by Gasteiger charge is -2.07. The van der Waals surface area contributed by atoms with E-state index in [4.69, 9.17) is 9.47 Å². The number of para-hydroxylation sites is 1. The number of hydrogen-bond donors (Lipinski definition) is 1. The molecule has 3 rings (SSSR count). The molecule has 0 saturated carbocycles. The summed E-state index contributed by atoms with van der Waals surface area (Å²) in [5.74, 6) is -0.990. The maximum atomic E-state index is 12.7. The molecular weight excluding hydrogens is 370 g/mol. The van der Waals surface area contributed by atoms with E-state index < -0.39 is 5.97 Å². The summed E-state index contributed by atoms with van der Waals surface area (Å²) >= 11 is 0. The van der Waals surface area contributed by atoms with Crippen molar-refractivity contribution >= 4 is 11.9 Å². The van der Waals surface area contributed by atoms with Crippen LogP contribution in [0.1, 0.15) is 15.9 Å². The molecule has 0 aliphatic rings. The van der Waals surface area contributed by atoms with Gasteiger partial charge in [0.1, 0.15) is 11.3 Å². The Labute approximate surface area is 169 Å². The van der Waals surface area contributed by atoms with Gasteiger partial charge in [0.2, 0.25) is 0 Å². The number of hydrogen-bond acceptors (Lipinski definition) is 5. The molecule has 0 atom stereocenters. The summed E-state index contributed by atoms with van der Waals surface area (Å²) in [6.07, 6.45) is 1.63. The predicted octanol–water partition coefficient (Wildman–Crippen LogP) is 2.77. The Hall–Kier alpha value is -3.45. The van der Waals surface area contributed by atoms with Crippen molar-refractivity contribution in [1.29, 1.82) is 0 Å². The lowest BCUT2D eigenvalue weighted by atomic mass is 10.0. The Kier molecular flexibility index (Phi) is 6.76. The molecule has 150 valence electrons. The van der Waals surface area contributed by atoms with Crippen molar-refractivity contribution in [3.8, 4) is 16.9 Å². The number of benzene rings is 2. The molecule has 1 heterocycles. The highest BCUT2D eigenvalue weighted by atomic mass is 16.5. The number of aromatic nitrogens is 2. The van der Waals surface area contributed by atoms with Crippen LogP contribution in [0.2, 0.25) is 0 Å². The second kappa shape index (κ2) is 9.66. The van der Waals surface area contributed by atoms with Gasteiger partial charge in [-0.1, -0.05) is 42.5 Å². The summed E-state index contributed by atoms with van der Waals surface area (Å²) in [5, 5.41) is 7.23. The smallest absolute Gasteiger partial charge is 0.342 e. The third kappa shape index (κ3) is 5.08. The molecule has 0 unspecified atom stereocenters. The maximum absolute atomic E-state index is 12.7. The largest absolute Gasteiger partial charge is 0.452 e. The van der Waals surface area contributed by atoms with Crippen molar-refractivity contribution in [3.63, 3.8) is 0 Å². The van der Waals surface area contributed by atoms with Crippen LogP contribution in [0.4, 0.5) is 0 Å². The Morgan fingerprint density at radius 3 is 2.52 bits per heavy atom. The maximum Gasteiger partial charge on any atom is 0.342 e. The van der Waals surface area contributed by atoms with Gasteiger partial charge in [-0.25, -0.2) is 9.48 Å². The van der Waals surface area contributed by atoms with E-state index in [-0.39, 0.29) is 12.5 Å². The fourth-order valence-corrected chi connectivity index (χ4v) is 2.83. The first kappa shape index (κ1) is 20.3. The Morgan fingerprint density at radius 2 is 1.79 bits per heavy atom. The van der Waals surface area contributed by atoms with Crippen LogP contribution in [0.25, 0.3) is 16.9 Å². The van der Waals surface area contributed by atoms with Gasteiger partial charge >= 0.3 is 5.97 Å². The second-order valence-electron chi connectivity index (χ2n) is 6.41. The Bertz CT molecular complexity index is 983. The van der Waals surface area contributed by atoms with Crippen LogP contribution in [0.3, 0.4) is 0 Å². The van der Waals surface area contributed by atoms with Crippen molar-refractivity contribution in [2.75, 3.05) is 26.9 Å². The number of nitrogens with one attached hydrogen (secondary N) is 1. The summed E-state index contributed by atoms with van der Waals surface area (Å²) in [4.78, 5) is 24.6. The van der Waals surface area contributed by atoms with Crippen LogP contribution >= 0.6 is 0 Å². The van der Waals surface area contributed by atoms with E-state index >= 15 is 0 Å². The van der Waals surface area contributed by atoms with Crippen LogP contribution in [-0.4, -0.2) is 48.5 Å². The molecule has 1 N–H and O–H groups in total. The third-order valence-corrected chi connectivity index (χ3v) is 4.32. The Morgan fingerprint density at radius 1 is 1.07 bits per heavy atom. The van der Waals surface area contributed by atoms with E-state index in [9.17, 15) is 9.59 Å². The molecule has 0 aliphatic heterocycles. The number of esters is 1. The van der Waals surface area contributed by atoms with Gasteiger partial charge in [0.05, 0.1) is 12.3 Å². The van der Waals surface area contributed by atoms with Crippen molar-refractivity contribution < 1.29 is 19.1 Å². The van der Waals surface area contributed by atoms with E-state index in [1.807, 2.05) is 61.5 Å². The zero-order valence-electron chi connectivity index (χ0n) is 16.4. The van der Waals surface area contributed by atoms with Crippen LogP contribution < -0.4 is 5.32 Å². The average Bonchev–Trinajstić information content (AvgIpc) is 3.18. The molecule has 0 spiro atoms. The van der Waals surface area contributed by atoms with Gasteiger partial charge in [-0.2, -0.15) is 5.10 Å². The summed E-state index contributed by atoms with van der Waals surface area (Å²) in [5.41, 5.74) is 3.44. The number of nitrogens with zero attached hydrogens (tertiary/aromatic N) is 2. The summed E-state index contributed by atoms with van der Waals surface area (Å²) in [7, 11) is 1.55. The number of amides is 1. The molecule has 0 aliphatic carbocycles. The van der Waals surface area contributed by atoms with E-state index in [0.717, 1.165) is 16.8 Å². The zero-order valence-corrected chi connectivity index (χ0v) is 16.4. The fraction of sp³-hybridized carbons (Fsp3) is 0.227. The highest BCUT2D eigenvalue weighted by molar-refractivity contribution is 5.97. The van der Waals surface area contributed by atoms with Crippen molar-refractivity contribution in [1.82, 2.24) is 15.1 Å². The number of carbonyl (C=O) groups excluding carboxylic acids is 2. The average molecular weight is 393 g/mol. The van der Waals surface area contributed by atoms with E-state index in [1.54, 1.807) is 18.0 Å². The van der Waals surface area contributed by atoms with Crippen LogP contribution in [-0.2, 0) is 14.3 Å². The van der Waals surface area contributed by atoms with Crippen LogP contribution in [0.15, 0.2) is 60.8 Å². The van der Waals surface area contributed by atoms with Crippen molar-refractivity contribution in [2.45, 2.75) is 6.92 Å². The highest BCUT2D eigenvalue weighted by Gasteiger charge is 2.21. The van der Waals surface area contributed by atoms with Gasteiger partial charge in [0.25, 0.3) is 5.91 Å². The molecule has 7 heteroatoms. The molecule has 0 saturated heterocycles. The molecule has 0 radical (unpaired) electrons. The first-order chi connectivity index (χ1) is 14.1. The van der Waals surface area contributed by atoms with Gasteiger partial charge in [-0.15, -0.1) is 0 Å². The predicted molar refractivity (Wildman–Crippen MR) is 109 cm³/mol. The monoisotopic (exact) mass is 393 g/mol. The highest BCUT2D eigenvalue weighted by Crippen LogP contribution is 2.27. The van der Waals surface area contributed by atoms with Crippen LogP contribution in [0.5, 0.6) is 0 Å². The molecule has 0 fully saturated rings. The van der Waals surface area contributed by atoms with Crippen LogP contribution in [0, 0.1) is 6.92 Å². The fourth-order valence-electron chi connectivity index (χ4n) is 2.83. The molecule has 1 amide bonds.